The molecule has 2 fully saturated rings. The number of ether oxygens (including phenoxy) is 1. The number of hydrogen-bond donors (Lipinski definition) is 2. The molecule has 5 heteroatoms. The summed E-state index contributed by atoms with van der Waals surface area (Å²) in [6.45, 7) is 7.28. The van der Waals surface area contributed by atoms with E-state index >= 15 is 0 Å². The molecule has 1 aromatic rings. The zero-order chi connectivity index (χ0) is 19.9. The summed E-state index contributed by atoms with van der Waals surface area (Å²) >= 11 is 0. The number of hydrogen-bond acceptors (Lipinski definition) is 4. The van der Waals surface area contributed by atoms with Crippen molar-refractivity contribution in [1.29, 1.82) is 0 Å². The van der Waals surface area contributed by atoms with Crippen LogP contribution in [0.15, 0.2) is 18.2 Å². The molecule has 0 spiro atoms. The lowest BCUT2D eigenvalue weighted by Crippen LogP contribution is -2.60. The lowest BCUT2D eigenvalue weighted by Gasteiger charge is -2.56. The summed E-state index contributed by atoms with van der Waals surface area (Å²) in [4.78, 5) is 14.0. The van der Waals surface area contributed by atoms with Crippen LogP contribution in [0.3, 0.4) is 0 Å². The Morgan fingerprint density at radius 2 is 2.21 bits per heavy atom. The minimum atomic E-state index is -0.784. The van der Waals surface area contributed by atoms with Crippen LogP contribution in [-0.2, 0) is 16.6 Å². The van der Waals surface area contributed by atoms with E-state index in [9.17, 15) is 9.90 Å². The van der Waals surface area contributed by atoms with E-state index in [0.29, 0.717) is 12.0 Å². The lowest BCUT2D eigenvalue weighted by molar-refractivity contribution is -0.139. The molecule has 2 bridgehead atoms. The number of carboxylic acid groups (broad SMARTS) is 1. The van der Waals surface area contributed by atoms with Crippen LogP contribution in [0.1, 0.15) is 50.7 Å². The predicted octanol–water partition coefficient (Wildman–Crippen LogP) is 3.06. The number of fused-ring (bicyclic) bond motifs is 4. The van der Waals surface area contributed by atoms with Crippen molar-refractivity contribution in [3.63, 3.8) is 0 Å². The molecule has 1 saturated heterocycles. The van der Waals surface area contributed by atoms with E-state index in [1.165, 1.54) is 30.5 Å². The highest BCUT2D eigenvalue weighted by molar-refractivity contribution is 5.72. The zero-order valence-corrected chi connectivity index (χ0v) is 17.4. The predicted molar refractivity (Wildman–Crippen MR) is 110 cm³/mol. The number of aliphatic carboxylic acids is 1. The van der Waals surface area contributed by atoms with Crippen LogP contribution in [0.25, 0.3) is 0 Å². The fourth-order valence-electron chi connectivity index (χ4n) is 5.60. The molecule has 154 valence electrons. The van der Waals surface area contributed by atoms with Crippen LogP contribution in [-0.4, -0.2) is 54.8 Å². The Kier molecular flexibility index (Phi) is 5.41. The number of carboxylic acids is 1. The summed E-state index contributed by atoms with van der Waals surface area (Å²) in [6.07, 6.45) is 6.02. The Labute approximate surface area is 168 Å². The van der Waals surface area contributed by atoms with Gasteiger partial charge >= 0.3 is 5.97 Å². The van der Waals surface area contributed by atoms with Gasteiger partial charge in [0, 0.05) is 18.0 Å². The second-order valence-electron chi connectivity index (χ2n) is 9.19. The third-order valence-corrected chi connectivity index (χ3v) is 7.63. The van der Waals surface area contributed by atoms with Gasteiger partial charge in [0.05, 0.1) is 7.11 Å². The normalized spacial score (nSPS) is 30.5. The molecule has 0 radical (unpaired) electrons. The van der Waals surface area contributed by atoms with E-state index in [1.54, 1.807) is 14.0 Å². The fourth-order valence-corrected chi connectivity index (χ4v) is 5.60. The summed E-state index contributed by atoms with van der Waals surface area (Å²) in [5.41, 5.74) is 2.99. The molecule has 1 aromatic carbocycles. The Morgan fingerprint density at radius 3 is 2.89 bits per heavy atom. The molecule has 3 aliphatic rings. The van der Waals surface area contributed by atoms with E-state index in [0.717, 1.165) is 44.0 Å². The molecule has 0 aromatic heterocycles. The number of nitrogens with one attached hydrogen (secondary N) is 1. The summed E-state index contributed by atoms with van der Waals surface area (Å²) in [5, 5.41) is 12.4. The number of likely N-dealkylation sites (tertiary alicyclic amines) is 1. The average Bonchev–Trinajstić information content (AvgIpc) is 3.49. The van der Waals surface area contributed by atoms with Crippen molar-refractivity contribution < 1.29 is 14.6 Å². The Bertz CT molecular complexity index is 733. The van der Waals surface area contributed by atoms with E-state index in [2.05, 4.69) is 35.3 Å². The maximum atomic E-state index is 11.2. The maximum Gasteiger partial charge on any atom is 0.320 e. The average molecular weight is 387 g/mol. The topological polar surface area (TPSA) is 61.8 Å². The highest BCUT2D eigenvalue weighted by Crippen LogP contribution is 2.52. The van der Waals surface area contributed by atoms with Crippen molar-refractivity contribution in [3.8, 4) is 5.75 Å². The van der Waals surface area contributed by atoms with Crippen LogP contribution in [0.4, 0.5) is 0 Å². The van der Waals surface area contributed by atoms with Crippen molar-refractivity contribution in [2.75, 3.05) is 26.7 Å². The molecule has 0 amide bonds. The number of carbonyl (C=O) groups is 1. The van der Waals surface area contributed by atoms with Gasteiger partial charge in [0.2, 0.25) is 0 Å². The Balaban J connectivity index is 1.62. The minimum Gasteiger partial charge on any atom is -0.497 e. The molecular weight excluding hydrogens is 352 g/mol. The van der Waals surface area contributed by atoms with E-state index in [1.807, 2.05) is 0 Å². The summed E-state index contributed by atoms with van der Waals surface area (Å²) in [7, 11) is 1.73. The summed E-state index contributed by atoms with van der Waals surface area (Å²) in [5.74, 6) is 1.61. The second-order valence-corrected chi connectivity index (χ2v) is 9.19. The minimum absolute atomic E-state index is 0.0953. The molecule has 2 aliphatic carbocycles. The number of piperidine rings is 1. The smallest absolute Gasteiger partial charge is 0.320 e. The first-order chi connectivity index (χ1) is 13.4. The Hall–Kier alpha value is -1.59. The molecule has 28 heavy (non-hydrogen) atoms. The SMILES string of the molecule is COc1ccc2c(c1)C1(CCN[C@@H](C)C(=O)O)CCN(CC3CC3)[C@H](C2)[C@@H]1C. The zero-order valence-electron chi connectivity index (χ0n) is 17.4. The molecule has 2 N–H and O–H groups in total. The second kappa shape index (κ2) is 7.68. The Morgan fingerprint density at radius 1 is 1.43 bits per heavy atom. The molecular formula is C23H34N2O3. The lowest BCUT2D eigenvalue weighted by atomic mass is 9.56. The van der Waals surface area contributed by atoms with E-state index < -0.39 is 12.0 Å². The molecule has 1 heterocycles. The van der Waals surface area contributed by atoms with Gasteiger partial charge in [-0.15, -0.1) is 0 Å². The third-order valence-electron chi connectivity index (χ3n) is 7.63. The number of benzene rings is 1. The quantitative estimate of drug-likeness (QED) is 0.719. The van der Waals surface area contributed by atoms with Crippen molar-refractivity contribution in [2.45, 2.75) is 63.5 Å². The number of nitrogens with zero attached hydrogens (tertiary/aromatic N) is 1. The number of methoxy groups -OCH3 is 1. The summed E-state index contributed by atoms with van der Waals surface area (Å²) in [6, 6.07) is 6.68. The van der Waals surface area contributed by atoms with Crippen molar-refractivity contribution in [2.24, 2.45) is 11.8 Å². The summed E-state index contributed by atoms with van der Waals surface area (Å²) < 4.78 is 5.55. The molecule has 1 aliphatic heterocycles. The van der Waals surface area contributed by atoms with Crippen molar-refractivity contribution in [3.05, 3.63) is 29.3 Å². The standard InChI is InChI=1S/C23H34N2O3/c1-15-21-12-18-6-7-19(28-3)13-20(18)23(15,8-10-24-16(2)22(26)27)9-11-25(21)14-17-4-5-17/h6-7,13,15-17,21,24H,4-5,8-12,14H2,1-3H3,(H,26,27)/t15-,16-,21+,23?/m0/s1. The van der Waals surface area contributed by atoms with Crippen LogP contribution in [0.2, 0.25) is 0 Å². The first-order valence-electron chi connectivity index (χ1n) is 10.8. The van der Waals surface area contributed by atoms with Crippen molar-refractivity contribution >= 4 is 5.97 Å². The van der Waals surface area contributed by atoms with Gasteiger partial charge < -0.3 is 15.2 Å². The maximum absolute atomic E-state index is 11.2. The molecule has 1 unspecified atom stereocenters. The van der Waals surface area contributed by atoms with Crippen LogP contribution in [0.5, 0.6) is 5.75 Å². The van der Waals surface area contributed by atoms with E-state index in [4.69, 9.17) is 4.74 Å². The third kappa shape index (κ3) is 3.55. The van der Waals surface area contributed by atoms with Crippen LogP contribution in [0, 0.1) is 11.8 Å². The van der Waals surface area contributed by atoms with Crippen LogP contribution < -0.4 is 10.1 Å². The van der Waals surface area contributed by atoms with Gasteiger partial charge in [0.25, 0.3) is 0 Å². The van der Waals surface area contributed by atoms with Gasteiger partial charge in [-0.25, -0.2) is 0 Å². The van der Waals surface area contributed by atoms with Gasteiger partial charge in [-0.3, -0.25) is 9.69 Å². The van der Waals surface area contributed by atoms with E-state index in [-0.39, 0.29) is 5.41 Å². The van der Waals surface area contributed by atoms with Crippen molar-refractivity contribution in [1.82, 2.24) is 10.2 Å². The largest absolute Gasteiger partial charge is 0.497 e. The first-order valence-corrected chi connectivity index (χ1v) is 10.8. The molecule has 1 saturated carbocycles. The highest BCUT2D eigenvalue weighted by atomic mass is 16.5. The highest BCUT2D eigenvalue weighted by Gasteiger charge is 2.51. The van der Waals surface area contributed by atoms with Gasteiger partial charge in [-0.05, 0) is 87.2 Å². The van der Waals surface area contributed by atoms with Gasteiger partial charge in [0.15, 0.2) is 0 Å². The van der Waals surface area contributed by atoms with Gasteiger partial charge in [0.1, 0.15) is 11.8 Å². The molecule has 4 rings (SSSR count). The van der Waals surface area contributed by atoms with Gasteiger partial charge in [-0.1, -0.05) is 13.0 Å². The first kappa shape index (κ1) is 19.7. The molecule has 5 nitrogen and oxygen atoms in total. The monoisotopic (exact) mass is 386 g/mol. The fraction of sp³-hybridized carbons (Fsp3) is 0.696. The van der Waals surface area contributed by atoms with Gasteiger partial charge in [-0.2, -0.15) is 0 Å². The molecule has 4 atom stereocenters. The number of rotatable bonds is 8. The van der Waals surface area contributed by atoms with Crippen LogP contribution >= 0.6 is 0 Å².